The van der Waals surface area contributed by atoms with Gasteiger partial charge in [0.2, 0.25) is 5.91 Å². The van der Waals surface area contributed by atoms with E-state index in [4.69, 9.17) is 23.2 Å². The van der Waals surface area contributed by atoms with E-state index in [1.54, 1.807) is 16.5 Å². The van der Waals surface area contributed by atoms with Crippen molar-refractivity contribution in [1.82, 2.24) is 30.0 Å². The van der Waals surface area contributed by atoms with Crippen LogP contribution in [0, 0.1) is 0 Å². The summed E-state index contributed by atoms with van der Waals surface area (Å²) in [5.74, 6) is 0.744. The second-order valence-corrected chi connectivity index (χ2v) is 10.2. The maximum absolute atomic E-state index is 12.8. The van der Waals surface area contributed by atoms with E-state index in [0.29, 0.717) is 36.3 Å². The Hall–Kier alpha value is -3.04. The van der Waals surface area contributed by atoms with Crippen molar-refractivity contribution in [2.45, 2.75) is 38.8 Å². The van der Waals surface area contributed by atoms with Crippen LogP contribution in [0.3, 0.4) is 0 Å². The number of rotatable bonds is 6. The van der Waals surface area contributed by atoms with E-state index in [2.05, 4.69) is 53.2 Å². The summed E-state index contributed by atoms with van der Waals surface area (Å²) in [6.45, 7) is 11.0. The molecule has 2 aromatic heterocycles. The summed E-state index contributed by atoms with van der Waals surface area (Å²) < 4.78 is 1.66. The minimum atomic E-state index is -0.336. The smallest absolute Gasteiger partial charge is 0.271 e. The Bertz CT molecular complexity index is 1280. The van der Waals surface area contributed by atoms with E-state index in [1.165, 1.54) is 6.08 Å². The third kappa shape index (κ3) is 4.50. The van der Waals surface area contributed by atoms with Crippen molar-refractivity contribution < 1.29 is 9.59 Å². The number of anilines is 1. The minimum absolute atomic E-state index is 0.115. The molecule has 9 nitrogen and oxygen atoms in total. The largest absolute Gasteiger partial charge is 0.361 e. The molecule has 3 N–H and O–H groups in total. The molecular weight excluding hydrogens is 477 g/mol. The minimum Gasteiger partial charge on any atom is -0.361 e. The quantitative estimate of drug-likeness (QED) is 0.445. The molecule has 3 heterocycles. The van der Waals surface area contributed by atoms with Crippen LogP contribution in [0.1, 0.15) is 42.6 Å². The van der Waals surface area contributed by atoms with Crippen LogP contribution in [0.5, 0.6) is 0 Å². The van der Waals surface area contributed by atoms with Crippen molar-refractivity contribution in [2.24, 2.45) is 7.05 Å². The second-order valence-electron chi connectivity index (χ2n) is 9.40. The number of benzene rings is 1. The molecule has 4 rings (SSSR count). The van der Waals surface area contributed by atoms with Gasteiger partial charge in [0.15, 0.2) is 11.0 Å². The van der Waals surface area contributed by atoms with Crippen molar-refractivity contribution in [3.05, 3.63) is 52.0 Å². The number of H-pyrrole nitrogens is 1. The zero-order chi connectivity index (χ0) is 24.8. The predicted molar refractivity (Wildman–Crippen MR) is 133 cm³/mol. The molecule has 180 valence electrons. The fourth-order valence-electron chi connectivity index (χ4n) is 3.96. The lowest BCUT2D eigenvalue weighted by Gasteiger charge is -2.38. The summed E-state index contributed by atoms with van der Waals surface area (Å²) >= 11 is 12.8. The van der Waals surface area contributed by atoms with Crippen molar-refractivity contribution in [3.8, 4) is 0 Å². The number of carbonyl (C=O) groups excluding carboxylic acids is 2. The molecule has 0 bridgehead atoms. The summed E-state index contributed by atoms with van der Waals surface area (Å²) in [4.78, 5) is 30.3. The van der Waals surface area contributed by atoms with E-state index in [1.807, 2.05) is 12.1 Å². The molecule has 1 aromatic carbocycles. The average molecular weight is 504 g/mol. The zero-order valence-electron chi connectivity index (χ0n) is 19.5. The Kier molecular flexibility index (Phi) is 6.35. The number of hydrogen-bond acceptors (Lipinski definition) is 5. The van der Waals surface area contributed by atoms with Gasteiger partial charge >= 0.3 is 0 Å². The molecule has 1 aliphatic rings. The Morgan fingerprint density at radius 1 is 1.29 bits per heavy atom. The number of nitrogens with one attached hydrogen (secondary N) is 3. The van der Waals surface area contributed by atoms with E-state index in [-0.39, 0.29) is 34.1 Å². The lowest BCUT2D eigenvalue weighted by atomic mass is 9.86. The van der Waals surface area contributed by atoms with Gasteiger partial charge in [-0.3, -0.25) is 14.7 Å². The van der Waals surface area contributed by atoms with E-state index in [9.17, 15) is 9.59 Å². The van der Waals surface area contributed by atoms with Gasteiger partial charge in [0.25, 0.3) is 5.91 Å². The van der Waals surface area contributed by atoms with Crippen LogP contribution in [0.15, 0.2) is 24.8 Å². The van der Waals surface area contributed by atoms with Gasteiger partial charge in [-0.25, -0.2) is 4.98 Å². The Labute approximate surface area is 207 Å². The van der Waals surface area contributed by atoms with E-state index >= 15 is 0 Å². The van der Waals surface area contributed by atoms with Crippen LogP contribution in [0.2, 0.25) is 10.2 Å². The third-order valence-electron chi connectivity index (χ3n) is 5.94. The van der Waals surface area contributed by atoms with Crippen molar-refractivity contribution >= 4 is 51.7 Å². The molecule has 1 aliphatic heterocycles. The molecule has 0 spiro atoms. The van der Waals surface area contributed by atoms with Gasteiger partial charge in [-0.15, -0.1) is 0 Å². The summed E-state index contributed by atoms with van der Waals surface area (Å²) in [5.41, 5.74) is 1.99. The van der Waals surface area contributed by atoms with Gasteiger partial charge in [0, 0.05) is 30.5 Å². The summed E-state index contributed by atoms with van der Waals surface area (Å²) in [6.07, 6.45) is 1.26. The topological polar surface area (TPSA) is 108 Å². The van der Waals surface area contributed by atoms with Gasteiger partial charge in [-0.1, -0.05) is 50.6 Å². The number of imidazole rings is 1. The van der Waals surface area contributed by atoms with Gasteiger partial charge < -0.3 is 20.1 Å². The maximum atomic E-state index is 12.8. The van der Waals surface area contributed by atoms with Crippen LogP contribution >= 0.6 is 23.2 Å². The molecule has 1 fully saturated rings. The van der Waals surface area contributed by atoms with Crippen LogP contribution in [0.4, 0.5) is 5.82 Å². The number of aromatic amines is 1. The van der Waals surface area contributed by atoms with Crippen molar-refractivity contribution in [3.63, 3.8) is 0 Å². The first kappa shape index (κ1) is 24.1. The van der Waals surface area contributed by atoms with Crippen LogP contribution in [0.25, 0.3) is 10.9 Å². The molecule has 34 heavy (non-hydrogen) atoms. The monoisotopic (exact) mass is 503 g/mol. The second kappa shape index (κ2) is 8.96. The highest BCUT2D eigenvalue weighted by molar-refractivity contribution is 6.32. The van der Waals surface area contributed by atoms with Gasteiger partial charge in [-0.05, 0) is 29.2 Å². The first-order valence-electron chi connectivity index (χ1n) is 10.8. The fourth-order valence-corrected chi connectivity index (χ4v) is 4.71. The molecule has 1 saturated heterocycles. The highest BCUT2D eigenvalue weighted by Crippen LogP contribution is 2.34. The molecule has 11 heteroatoms. The number of carbonyl (C=O) groups is 2. The molecule has 0 unspecified atom stereocenters. The van der Waals surface area contributed by atoms with Gasteiger partial charge in [0.05, 0.1) is 18.1 Å². The number of halogens is 2. The Morgan fingerprint density at radius 2 is 2.00 bits per heavy atom. The SMILES string of the molecule is C=CC(=O)N1CC(NC(=O)c2c(Cl)nc(CNc3n[nH]c4cc(Cl)c(C(C)(C)C)cc34)n2C)C1. The predicted octanol–water partition coefficient (Wildman–Crippen LogP) is 3.64. The molecule has 0 atom stereocenters. The maximum Gasteiger partial charge on any atom is 0.271 e. The molecule has 2 amide bonds. The average Bonchev–Trinajstić information content (AvgIpc) is 3.25. The number of nitrogens with zero attached hydrogens (tertiary/aromatic N) is 4. The van der Waals surface area contributed by atoms with E-state index < -0.39 is 0 Å². The lowest BCUT2D eigenvalue weighted by molar-refractivity contribution is -0.130. The first-order valence-corrected chi connectivity index (χ1v) is 11.6. The van der Waals surface area contributed by atoms with Gasteiger partial charge in [0.1, 0.15) is 11.5 Å². The van der Waals surface area contributed by atoms with E-state index in [0.717, 1.165) is 16.5 Å². The highest BCUT2D eigenvalue weighted by Gasteiger charge is 2.32. The van der Waals surface area contributed by atoms with Crippen LogP contribution in [-0.2, 0) is 23.8 Å². The highest BCUT2D eigenvalue weighted by atomic mass is 35.5. The summed E-state index contributed by atoms with van der Waals surface area (Å²) in [6, 6.07) is 3.77. The molecule has 3 aromatic rings. The fraction of sp³-hybridized carbons (Fsp3) is 0.391. The standard InChI is InChI=1S/C23H27Cl2N7O2/c1-6-18(33)32-10-12(11-32)27-22(34)19-20(25)28-17(31(19)5)9-26-21-13-7-14(23(2,3)4)15(24)8-16(13)29-30-21/h6-8,12H,1,9-11H2,2-5H3,(H,27,34)(H2,26,29,30). The van der Waals surface area contributed by atoms with Crippen LogP contribution < -0.4 is 10.6 Å². The molecular formula is C23H27Cl2N7O2. The van der Waals surface area contributed by atoms with Crippen LogP contribution in [-0.4, -0.2) is 55.6 Å². The Balaban J connectivity index is 1.47. The van der Waals surface area contributed by atoms with Crippen molar-refractivity contribution in [2.75, 3.05) is 18.4 Å². The summed E-state index contributed by atoms with van der Waals surface area (Å²) in [5, 5.41) is 15.3. The summed E-state index contributed by atoms with van der Waals surface area (Å²) in [7, 11) is 1.74. The lowest BCUT2D eigenvalue weighted by Crippen LogP contribution is -2.60. The van der Waals surface area contributed by atoms with Crippen molar-refractivity contribution in [1.29, 1.82) is 0 Å². The molecule has 0 radical (unpaired) electrons. The van der Waals surface area contributed by atoms with Gasteiger partial charge in [-0.2, -0.15) is 5.10 Å². The molecule has 0 aliphatic carbocycles. The third-order valence-corrected chi connectivity index (χ3v) is 6.51. The number of fused-ring (bicyclic) bond motifs is 1. The normalized spacial score (nSPS) is 14.2. The Morgan fingerprint density at radius 3 is 2.65 bits per heavy atom. The molecule has 0 saturated carbocycles. The number of amides is 2. The number of hydrogen-bond donors (Lipinski definition) is 3. The number of aromatic nitrogens is 4. The number of likely N-dealkylation sites (tertiary alicyclic amines) is 1. The first-order chi connectivity index (χ1) is 16.0. The zero-order valence-corrected chi connectivity index (χ0v) is 21.0.